The van der Waals surface area contributed by atoms with Crippen LogP contribution in [0.2, 0.25) is 0 Å². The van der Waals surface area contributed by atoms with Crippen LogP contribution in [-0.2, 0) is 9.59 Å². The summed E-state index contributed by atoms with van der Waals surface area (Å²) < 4.78 is 0. The third kappa shape index (κ3) is 4.47. The van der Waals surface area contributed by atoms with Gasteiger partial charge < -0.3 is 14.9 Å². The molecule has 2 N–H and O–H groups in total. The number of hydrazine groups is 1. The van der Waals surface area contributed by atoms with Gasteiger partial charge in [0.05, 0.1) is 17.7 Å². The number of carbonyl (C=O) groups is 2. The predicted octanol–water partition coefficient (Wildman–Crippen LogP) is 1.22. The summed E-state index contributed by atoms with van der Waals surface area (Å²) in [4.78, 5) is 29.6. The zero-order valence-corrected chi connectivity index (χ0v) is 18.4. The van der Waals surface area contributed by atoms with E-state index in [9.17, 15) is 14.7 Å². The summed E-state index contributed by atoms with van der Waals surface area (Å²) in [5.41, 5.74) is 2.74. The van der Waals surface area contributed by atoms with Crippen LogP contribution < -0.4 is 5.43 Å². The van der Waals surface area contributed by atoms with Crippen LogP contribution in [0.4, 0.5) is 0 Å². The number of amides is 2. The Morgan fingerprint density at radius 2 is 1.79 bits per heavy atom. The molecule has 7 heteroatoms. The molecule has 2 aliphatic carbocycles. The van der Waals surface area contributed by atoms with E-state index >= 15 is 0 Å². The average Bonchev–Trinajstić information content (AvgIpc) is 3.38. The summed E-state index contributed by atoms with van der Waals surface area (Å²) in [5, 5.41) is 12.3. The van der Waals surface area contributed by atoms with Crippen molar-refractivity contribution in [3.05, 3.63) is 0 Å². The van der Waals surface area contributed by atoms with Gasteiger partial charge in [0.1, 0.15) is 0 Å². The van der Waals surface area contributed by atoms with Gasteiger partial charge in [-0.1, -0.05) is 0 Å². The highest BCUT2D eigenvalue weighted by atomic mass is 16.3. The second-order valence-corrected chi connectivity index (χ2v) is 10.6. The molecule has 0 spiro atoms. The van der Waals surface area contributed by atoms with Gasteiger partial charge in [-0.05, 0) is 64.7 Å². The molecule has 4 unspecified atom stereocenters. The molecule has 0 aromatic heterocycles. The van der Waals surface area contributed by atoms with Crippen LogP contribution in [0, 0.1) is 17.8 Å². The maximum Gasteiger partial charge on any atom is 0.226 e. The molecule has 2 saturated heterocycles. The molecule has 29 heavy (non-hydrogen) atoms. The Kier molecular flexibility index (Phi) is 5.68. The van der Waals surface area contributed by atoms with Crippen molar-refractivity contribution in [3.63, 3.8) is 0 Å². The van der Waals surface area contributed by atoms with Crippen LogP contribution in [0.5, 0.6) is 0 Å². The molecule has 4 rings (SSSR count). The van der Waals surface area contributed by atoms with Crippen LogP contribution in [-0.4, -0.2) is 81.6 Å². The minimum Gasteiger partial charge on any atom is -0.389 e. The normalized spacial score (nSPS) is 36.2. The summed E-state index contributed by atoms with van der Waals surface area (Å²) in [7, 11) is 0. The molecule has 0 radical (unpaired) electrons. The van der Waals surface area contributed by atoms with E-state index in [2.05, 4.69) is 27.2 Å². The monoisotopic (exact) mass is 406 g/mol. The first-order valence-corrected chi connectivity index (χ1v) is 11.4. The SMILES string of the molecule is CC(=O)N1C2CCC(C3CNN(CC(C)(C)O)C3)CC2N(C(=O)C2CC2)C[C@@H]1C. The Hall–Kier alpha value is -1.18. The number of β-amino-alcohol motifs (C(OH)–C–C–N with tert-alkyl or cyclic N) is 1. The van der Waals surface area contributed by atoms with Crippen LogP contribution >= 0.6 is 0 Å². The lowest BCUT2D eigenvalue weighted by Gasteiger charge is -2.54. The van der Waals surface area contributed by atoms with Gasteiger partial charge in [0.15, 0.2) is 0 Å². The maximum atomic E-state index is 13.0. The smallest absolute Gasteiger partial charge is 0.226 e. The maximum absolute atomic E-state index is 13.0. The lowest BCUT2D eigenvalue weighted by atomic mass is 9.73. The lowest BCUT2D eigenvalue weighted by molar-refractivity contribution is -0.155. The molecular formula is C22H38N4O3. The van der Waals surface area contributed by atoms with Crippen molar-refractivity contribution in [1.29, 1.82) is 0 Å². The Labute approximate surface area is 174 Å². The van der Waals surface area contributed by atoms with Crippen molar-refractivity contribution in [2.45, 2.75) is 83.5 Å². The molecule has 5 atom stereocenters. The highest BCUT2D eigenvalue weighted by molar-refractivity contribution is 5.82. The molecule has 2 amide bonds. The molecule has 7 nitrogen and oxygen atoms in total. The molecule has 164 valence electrons. The number of hydrogen-bond donors (Lipinski definition) is 2. The zero-order valence-electron chi connectivity index (χ0n) is 18.4. The van der Waals surface area contributed by atoms with Gasteiger partial charge in [0.2, 0.25) is 11.8 Å². The molecule has 0 aromatic rings. The molecule has 2 saturated carbocycles. The number of piperazine rings is 1. The van der Waals surface area contributed by atoms with Gasteiger partial charge in [-0.2, -0.15) is 0 Å². The Morgan fingerprint density at radius 3 is 2.41 bits per heavy atom. The van der Waals surface area contributed by atoms with Crippen LogP contribution in [0.1, 0.15) is 59.8 Å². The molecule has 2 aliphatic heterocycles. The van der Waals surface area contributed by atoms with Crippen molar-refractivity contribution in [2.75, 3.05) is 26.2 Å². The average molecular weight is 407 g/mol. The lowest BCUT2D eigenvalue weighted by Crippen LogP contribution is -2.67. The highest BCUT2D eigenvalue weighted by Crippen LogP contribution is 2.42. The van der Waals surface area contributed by atoms with E-state index in [4.69, 9.17) is 0 Å². The Bertz CT molecular complexity index is 644. The summed E-state index contributed by atoms with van der Waals surface area (Å²) >= 11 is 0. The fraction of sp³-hybridized carbons (Fsp3) is 0.909. The molecule has 4 fully saturated rings. The second-order valence-electron chi connectivity index (χ2n) is 10.6. The van der Waals surface area contributed by atoms with Crippen molar-refractivity contribution in [1.82, 2.24) is 20.2 Å². The van der Waals surface area contributed by atoms with Gasteiger partial charge in [0.25, 0.3) is 0 Å². The molecule has 0 aromatic carbocycles. The first-order valence-electron chi connectivity index (χ1n) is 11.4. The first kappa shape index (κ1) is 21.1. The fourth-order valence-corrected chi connectivity index (χ4v) is 6.01. The van der Waals surface area contributed by atoms with Crippen molar-refractivity contribution in [3.8, 4) is 0 Å². The van der Waals surface area contributed by atoms with Gasteiger partial charge in [-0.3, -0.25) is 15.0 Å². The van der Waals surface area contributed by atoms with E-state index < -0.39 is 5.60 Å². The van der Waals surface area contributed by atoms with E-state index in [-0.39, 0.29) is 30.0 Å². The Balaban J connectivity index is 1.47. The molecule has 4 aliphatic rings. The number of nitrogens with one attached hydrogen (secondary N) is 1. The number of nitrogens with zero attached hydrogens (tertiary/aromatic N) is 3. The van der Waals surface area contributed by atoms with E-state index in [0.29, 0.717) is 30.8 Å². The van der Waals surface area contributed by atoms with E-state index in [1.54, 1.807) is 6.92 Å². The number of carbonyl (C=O) groups excluding carboxylic acids is 2. The standard InChI is InChI=1S/C22H38N4O3/c1-14-11-25(21(28)16-5-6-16)20-9-17(7-8-19(20)26(14)15(2)27)18-10-23-24(12-18)13-22(3,4)29/h14,16-20,23,29H,5-13H2,1-4H3/t14-,17?,18?,19?,20?/m0/s1. The highest BCUT2D eigenvalue weighted by Gasteiger charge is 2.49. The molecule has 2 heterocycles. The van der Waals surface area contributed by atoms with Gasteiger partial charge in [-0.15, -0.1) is 0 Å². The number of aliphatic hydroxyl groups is 1. The molecule has 0 bridgehead atoms. The van der Waals surface area contributed by atoms with Crippen LogP contribution in [0.3, 0.4) is 0 Å². The second kappa shape index (κ2) is 7.82. The van der Waals surface area contributed by atoms with E-state index in [1.807, 2.05) is 13.8 Å². The fourth-order valence-electron chi connectivity index (χ4n) is 6.01. The first-order chi connectivity index (χ1) is 13.6. The summed E-state index contributed by atoms with van der Waals surface area (Å²) in [5.74, 6) is 1.77. The minimum atomic E-state index is -0.714. The van der Waals surface area contributed by atoms with Crippen molar-refractivity contribution >= 4 is 11.8 Å². The van der Waals surface area contributed by atoms with Crippen molar-refractivity contribution < 1.29 is 14.7 Å². The van der Waals surface area contributed by atoms with Gasteiger partial charge in [0, 0.05) is 45.1 Å². The number of hydrogen-bond acceptors (Lipinski definition) is 5. The van der Waals surface area contributed by atoms with Crippen molar-refractivity contribution in [2.24, 2.45) is 17.8 Å². The summed E-state index contributed by atoms with van der Waals surface area (Å²) in [6.07, 6.45) is 5.13. The number of fused-ring (bicyclic) bond motifs is 1. The zero-order chi connectivity index (χ0) is 20.9. The number of rotatable bonds is 4. The largest absolute Gasteiger partial charge is 0.389 e. The third-order valence-corrected chi connectivity index (χ3v) is 7.36. The summed E-state index contributed by atoms with van der Waals surface area (Å²) in [6, 6.07) is 0.422. The minimum absolute atomic E-state index is 0.100. The Morgan fingerprint density at radius 1 is 1.07 bits per heavy atom. The van der Waals surface area contributed by atoms with E-state index in [1.165, 1.54) is 0 Å². The van der Waals surface area contributed by atoms with Crippen LogP contribution in [0.15, 0.2) is 0 Å². The quantitative estimate of drug-likeness (QED) is 0.734. The van der Waals surface area contributed by atoms with Crippen LogP contribution in [0.25, 0.3) is 0 Å². The third-order valence-electron chi connectivity index (χ3n) is 7.36. The van der Waals surface area contributed by atoms with E-state index in [0.717, 1.165) is 45.2 Å². The topological polar surface area (TPSA) is 76.1 Å². The van der Waals surface area contributed by atoms with Gasteiger partial charge in [-0.25, -0.2) is 5.01 Å². The van der Waals surface area contributed by atoms with Gasteiger partial charge >= 0.3 is 0 Å². The predicted molar refractivity (Wildman–Crippen MR) is 111 cm³/mol. The summed E-state index contributed by atoms with van der Waals surface area (Å²) in [6.45, 7) is 10.6. The molecular weight excluding hydrogens is 368 g/mol.